The van der Waals surface area contributed by atoms with Gasteiger partial charge in [-0.1, -0.05) is 12.1 Å². The molecule has 2 N–H and O–H groups in total. The number of methoxy groups -OCH3 is 2. The summed E-state index contributed by atoms with van der Waals surface area (Å²) in [6.45, 7) is 2.57. The van der Waals surface area contributed by atoms with Gasteiger partial charge in [0.25, 0.3) is 0 Å². The summed E-state index contributed by atoms with van der Waals surface area (Å²) in [4.78, 5) is 0.974. The minimum absolute atomic E-state index is 0.111. The highest BCUT2D eigenvalue weighted by atomic mass is 32.1. The predicted molar refractivity (Wildman–Crippen MR) is 85.2 cm³/mol. The van der Waals surface area contributed by atoms with Crippen molar-refractivity contribution < 1.29 is 14.6 Å². The Morgan fingerprint density at radius 3 is 2.57 bits per heavy atom. The monoisotopic (exact) mass is 307 g/mol. The molecule has 0 fully saturated rings. The number of aliphatic hydroxyl groups excluding tert-OH is 1. The first kappa shape index (κ1) is 15.8. The second-order valence-corrected chi connectivity index (χ2v) is 5.75. The van der Waals surface area contributed by atoms with Crippen molar-refractivity contribution in [1.29, 1.82) is 0 Å². The molecule has 4 nitrogen and oxygen atoms in total. The zero-order chi connectivity index (χ0) is 15.2. The van der Waals surface area contributed by atoms with Crippen LogP contribution in [0.25, 0.3) is 0 Å². The molecule has 0 bridgehead atoms. The molecular formula is C16H21NO3S. The van der Waals surface area contributed by atoms with Gasteiger partial charge in [0.1, 0.15) is 6.10 Å². The van der Waals surface area contributed by atoms with E-state index in [0.29, 0.717) is 18.0 Å². The molecule has 0 aliphatic heterocycles. The summed E-state index contributed by atoms with van der Waals surface area (Å²) in [5.74, 6) is 1.43. The summed E-state index contributed by atoms with van der Waals surface area (Å²) >= 11 is 1.56. The number of aliphatic hydroxyl groups is 1. The SMILES string of the molecule is COc1ccc(C(C)NCC(O)c2cccs2)cc1OC. The van der Waals surface area contributed by atoms with Gasteiger partial charge >= 0.3 is 0 Å². The lowest BCUT2D eigenvalue weighted by atomic mass is 10.1. The van der Waals surface area contributed by atoms with Gasteiger partial charge in [0.05, 0.1) is 14.2 Å². The largest absolute Gasteiger partial charge is 0.493 e. The van der Waals surface area contributed by atoms with E-state index in [9.17, 15) is 5.11 Å². The highest BCUT2D eigenvalue weighted by Gasteiger charge is 2.13. The van der Waals surface area contributed by atoms with Gasteiger partial charge in [-0.25, -0.2) is 0 Å². The Hall–Kier alpha value is -1.56. The minimum Gasteiger partial charge on any atom is -0.493 e. The smallest absolute Gasteiger partial charge is 0.161 e. The van der Waals surface area contributed by atoms with Crippen molar-refractivity contribution in [3.8, 4) is 11.5 Å². The van der Waals surface area contributed by atoms with Gasteiger partial charge in [0.2, 0.25) is 0 Å². The van der Waals surface area contributed by atoms with Crippen LogP contribution in [0, 0.1) is 0 Å². The van der Waals surface area contributed by atoms with E-state index in [2.05, 4.69) is 12.2 Å². The van der Waals surface area contributed by atoms with E-state index in [0.717, 1.165) is 10.4 Å². The van der Waals surface area contributed by atoms with Gasteiger partial charge in [0.15, 0.2) is 11.5 Å². The fraction of sp³-hybridized carbons (Fsp3) is 0.375. The molecule has 1 aromatic carbocycles. The minimum atomic E-state index is -0.479. The first-order valence-corrected chi connectivity index (χ1v) is 7.70. The Morgan fingerprint density at radius 2 is 1.95 bits per heavy atom. The van der Waals surface area contributed by atoms with Gasteiger partial charge < -0.3 is 19.9 Å². The van der Waals surface area contributed by atoms with Crippen LogP contribution in [0.5, 0.6) is 11.5 Å². The quantitative estimate of drug-likeness (QED) is 0.825. The summed E-state index contributed by atoms with van der Waals surface area (Å²) in [5.41, 5.74) is 1.09. The first-order valence-electron chi connectivity index (χ1n) is 6.82. The summed E-state index contributed by atoms with van der Waals surface area (Å²) in [5, 5.41) is 15.4. The van der Waals surface area contributed by atoms with Gasteiger partial charge in [-0.2, -0.15) is 0 Å². The van der Waals surface area contributed by atoms with Crippen LogP contribution in [0.3, 0.4) is 0 Å². The van der Waals surface area contributed by atoms with Gasteiger partial charge in [0, 0.05) is 17.5 Å². The number of rotatable bonds is 7. The van der Waals surface area contributed by atoms with E-state index in [1.54, 1.807) is 25.6 Å². The molecule has 0 aliphatic carbocycles. The van der Waals surface area contributed by atoms with Crippen LogP contribution >= 0.6 is 11.3 Å². The molecule has 114 valence electrons. The molecule has 0 saturated carbocycles. The van der Waals surface area contributed by atoms with Crippen LogP contribution < -0.4 is 14.8 Å². The second kappa shape index (κ2) is 7.45. The molecule has 2 atom stereocenters. The third kappa shape index (κ3) is 3.97. The maximum absolute atomic E-state index is 10.1. The van der Waals surface area contributed by atoms with Crippen molar-refractivity contribution in [1.82, 2.24) is 5.32 Å². The van der Waals surface area contributed by atoms with E-state index >= 15 is 0 Å². The fourth-order valence-electron chi connectivity index (χ4n) is 2.11. The van der Waals surface area contributed by atoms with Crippen LogP contribution in [0.15, 0.2) is 35.7 Å². The molecule has 2 aromatic rings. The molecule has 21 heavy (non-hydrogen) atoms. The van der Waals surface area contributed by atoms with E-state index in [1.165, 1.54) is 0 Å². The van der Waals surface area contributed by atoms with E-state index < -0.39 is 6.10 Å². The van der Waals surface area contributed by atoms with Gasteiger partial charge in [-0.15, -0.1) is 11.3 Å². The number of hydrogen-bond donors (Lipinski definition) is 2. The zero-order valence-corrected chi connectivity index (χ0v) is 13.3. The molecule has 0 spiro atoms. The number of hydrogen-bond acceptors (Lipinski definition) is 5. The van der Waals surface area contributed by atoms with Crippen LogP contribution in [-0.2, 0) is 0 Å². The standard InChI is InChI=1S/C16H21NO3S/c1-11(17-10-13(18)16-5-4-8-21-16)12-6-7-14(19-2)15(9-12)20-3/h4-9,11,13,17-18H,10H2,1-3H3. The van der Waals surface area contributed by atoms with Crippen LogP contribution in [0.1, 0.15) is 29.5 Å². The molecule has 1 aromatic heterocycles. The topological polar surface area (TPSA) is 50.7 Å². The van der Waals surface area contributed by atoms with E-state index in [1.807, 2.05) is 35.7 Å². The molecule has 0 aliphatic rings. The van der Waals surface area contributed by atoms with Crippen LogP contribution in [0.2, 0.25) is 0 Å². The van der Waals surface area contributed by atoms with Crippen molar-refractivity contribution in [2.45, 2.75) is 19.1 Å². The Bertz CT molecular complexity index is 557. The Balaban J connectivity index is 1.98. The molecule has 2 unspecified atom stereocenters. The lowest BCUT2D eigenvalue weighted by molar-refractivity contribution is 0.174. The Labute approximate surface area is 129 Å². The molecule has 1 heterocycles. The number of ether oxygens (including phenoxy) is 2. The third-order valence-electron chi connectivity index (χ3n) is 3.40. The lowest BCUT2D eigenvalue weighted by Gasteiger charge is -2.18. The van der Waals surface area contributed by atoms with Crippen LogP contribution in [0.4, 0.5) is 0 Å². The second-order valence-electron chi connectivity index (χ2n) is 4.78. The van der Waals surface area contributed by atoms with E-state index in [-0.39, 0.29) is 6.04 Å². The normalized spacial score (nSPS) is 13.7. The zero-order valence-electron chi connectivity index (χ0n) is 12.5. The molecule has 0 radical (unpaired) electrons. The predicted octanol–water partition coefficient (Wildman–Crippen LogP) is 3.15. The van der Waals surface area contributed by atoms with Crippen LogP contribution in [-0.4, -0.2) is 25.9 Å². The number of nitrogens with one attached hydrogen (secondary N) is 1. The number of thiophene rings is 1. The van der Waals surface area contributed by atoms with Crippen molar-refractivity contribution in [2.75, 3.05) is 20.8 Å². The summed E-state index contributed by atoms with van der Waals surface area (Å²) in [6.07, 6.45) is -0.479. The summed E-state index contributed by atoms with van der Waals surface area (Å²) in [6, 6.07) is 9.84. The number of benzene rings is 1. The maximum atomic E-state index is 10.1. The fourth-order valence-corrected chi connectivity index (χ4v) is 2.82. The van der Waals surface area contributed by atoms with Gasteiger partial charge in [-0.3, -0.25) is 0 Å². The highest BCUT2D eigenvalue weighted by molar-refractivity contribution is 7.10. The summed E-state index contributed by atoms with van der Waals surface area (Å²) in [7, 11) is 3.25. The third-order valence-corrected chi connectivity index (χ3v) is 4.37. The maximum Gasteiger partial charge on any atom is 0.161 e. The molecular weight excluding hydrogens is 286 g/mol. The molecule has 5 heteroatoms. The average molecular weight is 307 g/mol. The lowest BCUT2D eigenvalue weighted by Crippen LogP contribution is -2.24. The Morgan fingerprint density at radius 1 is 1.19 bits per heavy atom. The average Bonchev–Trinajstić information content (AvgIpc) is 3.06. The first-order chi connectivity index (χ1) is 10.2. The molecule has 0 amide bonds. The highest BCUT2D eigenvalue weighted by Crippen LogP contribution is 2.30. The molecule has 0 saturated heterocycles. The Kier molecular flexibility index (Phi) is 5.61. The van der Waals surface area contributed by atoms with E-state index in [4.69, 9.17) is 9.47 Å². The van der Waals surface area contributed by atoms with Crippen molar-refractivity contribution in [2.24, 2.45) is 0 Å². The summed E-state index contributed by atoms with van der Waals surface area (Å²) < 4.78 is 10.5. The van der Waals surface area contributed by atoms with Crippen molar-refractivity contribution in [3.05, 3.63) is 46.2 Å². The van der Waals surface area contributed by atoms with Gasteiger partial charge in [-0.05, 0) is 36.1 Å². The van der Waals surface area contributed by atoms with Crippen molar-refractivity contribution >= 4 is 11.3 Å². The molecule has 2 rings (SSSR count). The van der Waals surface area contributed by atoms with Crippen molar-refractivity contribution in [3.63, 3.8) is 0 Å².